The summed E-state index contributed by atoms with van der Waals surface area (Å²) in [6, 6.07) is 0.537. The molecule has 0 aliphatic carbocycles. The van der Waals surface area contributed by atoms with Crippen LogP contribution in [0.25, 0.3) is 4.96 Å². The highest BCUT2D eigenvalue weighted by molar-refractivity contribution is 7.15. The van der Waals surface area contributed by atoms with E-state index in [1.54, 1.807) is 11.3 Å². The van der Waals surface area contributed by atoms with Crippen LogP contribution in [0.2, 0.25) is 0 Å². The first-order valence-corrected chi connectivity index (χ1v) is 7.27. The molecule has 2 atom stereocenters. The number of likely N-dealkylation sites (N-methyl/N-ethyl adjacent to an activating group) is 1. The molecule has 4 heteroatoms. The van der Waals surface area contributed by atoms with Crippen molar-refractivity contribution >= 4 is 16.3 Å². The predicted octanol–water partition coefficient (Wildman–Crippen LogP) is 2.96. The third-order valence-electron chi connectivity index (χ3n) is 3.37. The average Bonchev–Trinajstić information content (AvgIpc) is 2.88. The molecule has 2 aromatic rings. The Morgan fingerprint density at radius 2 is 2.29 bits per heavy atom. The highest BCUT2D eigenvalue weighted by Gasteiger charge is 2.16. The lowest BCUT2D eigenvalue weighted by molar-refractivity contribution is 0.369. The summed E-state index contributed by atoms with van der Waals surface area (Å²) in [5.74, 6) is 0.690. The summed E-state index contributed by atoms with van der Waals surface area (Å²) in [5, 5.41) is 5.64. The van der Waals surface area contributed by atoms with E-state index in [1.807, 2.05) is 0 Å². The number of fused-ring (bicyclic) bond motifs is 1. The van der Waals surface area contributed by atoms with Gasteiger partial charge in [-0.1, -0.05) is 27.2 Å². The summed E-state index contributed by atoms with van der Waals surface area (Å²) in [4.78, 5) is 5.75. The summed E-state index contributed by atoms with van der Waals surface area (Å²) in [5.41, 5.74) is 1.20. The summed E-state index contributed by atoms with van der Waals surface area (Å²) in [7, 11) is 0. The van der Waals surface area contributed by atoms with Crippen molar-refractivity contribution in [2.45, 2.75) is 39.7 Å². The molecule has 0 fully saturated rings. The van der Waals surface area contributed by atoms with Gasteiger partial charge in [0.1, 0.15) is 0 Å². The van der Waals surface area contributed by atoms with Gasteiger partial charge in [-0.15, -0.1) is 11.3 Å². The van der Waals surface area contributed by atoms with Gasteiger partial charge in [-0.3, -0.25) is 4.40 Å². The molecule has 94 valence electrons. The van der Waals surface area contributed by atoms with Gasteiger partial charge in [0.25, 0.3) is 0 Å². The largest absolute Gasteiger partial charge is 0.314 e. The lowest BCUT2D eigenvalue weighted by atomic mass is 9.95. The fraction of sp³-hybridized carbons (Fsp3) is 0.615. The third-order valence-corrected chi connectivity index (χ3v) is 4.14. The SMILES string of the molecule is CCNC(Cc1cn2ccsc2n1)C(C)CC. The van der Waals surface area contributed by atoms with Gasteiger partial charge in [0.05, 0.1) is 5.69 Å². The summed E-state index contributed by atoms with van der Waals surface area (Å²) >= 11 is 1.69. The maximum atomic E-state index is 4.65. The minimum atomic E-state index is 0.537. The van der Waals surface area contributed by atoms with Crippen LogP contribution in [0, 0.1) is 5.92 Å². The smallest absolute Gasteiger partial charge is 0.193 e. The maximum absolute atomic E-state index is 4.65. The highest BCUT2D eigenvalue weighted by atomic mass is 32.1. The Kier molecular flexibility index (Phi) is 4.18. The van der Waals surface area contributed by atoms with Crippen LogP contribution in [0.15, 0.2) is 17.8 Å². The van der Waals surface area contributed by atoms with Crippen LogP contribution in [-0.2, 0) is 6.42 Å². The number of imidazole rings is 1. The molecule has 0 saturated heterocycles. The molecular weight excluding hydrogens is 230 g/mol. The number of nitrogens with zero attached hydrogens (tertiary/aromatic N) is 2. The topological polar surface area (TPSA) is 29.3 Å². The van der Waals surface area contributed by atoms with E-state index in [0.717, 1.165) is 17.9 Å². The molecule has 17 heavy (non-hydrogen) atoms. The van der Waals surface area contributed by atoms with E-state index in [1.165, 1.54) is 12.1 Å². The minimum Gasteiger partial charge on any atom is -0.314 e. The Labute approximate surface area is 107 Å². The Hall–Kier alpha value is -0.870. The normalized spacial score (nSPS) is 15.2. The number of nitrogens with one attached hydrogen (secondary N) is 1. The lowest BCUT2D eigenvalue weighted by Crippen LogP contribution is -2.36. The molecule has 0 amide bonds. The van der Waals surface area contributed by atoms with Crippen molar-refractivity contribution in [1.82, 2.24) is 14.7 Å². The van der Waals surface area contributed by atoms with E-state index in [0.29, 0.717) is 12.0 Å². The maximum Gasteiger partial charge on any atom is 0.193 e. The molecule has 0 aliphatic rings. The fourth-order valence-corrected chi connectivity index (χ4v) is 2.84. The standard InChI is InChI=1S/C13H21N3S/c1-4-10(3)12(14-5-2)8-11-9-16-6-7-17-13(16)15-11/h6-7,9-10,12,14H,4-5,8H2,1-3H3. The van der Waals surface area contributed by atoms with E-state index in [2.05, 4.69) is 53.2 Å². The number of hydrogen-bond donors (Lipinski definition) is 1. The molecule has 2 aromatic heterocycles. The number of rotatable bonds is 6. The zero-order valence-corrected chi connectivity index (χ0v) is 11.6. The van der Waals surface area contributed by atoms with Crippen molar-refractivity contribution in [2.24, 2.45) is 5.92 Å². The molecule has 2 rings (SSSR count). The van der Waals surface area contributed by atoms with Gasteiger partial charge in [0.15, 0.2) is 4.96 Å². The van der Waals surface area contributed by atoms with E-state index >= 15 is 0 Å². The Bertz CT molecular complexity index is 431. The molecule has 2 unspecified atom stereocenters. The van der Waals surface area contributed by atoms with Crippen LogP contribution < -0.4 is 5.32 Å². The number of hydrogen-bond acceptors (Lipinski definition) is 3. The van der Waals surface area contributed by atoms with Crippen molar-refractivity contribution in [2.75, 3.05) is 6.54 Å². The van der Waals surface area contributed by atoms with Crippen LogP contribution >= 0.6 is 11.3 Å². The average molecular weight is 251 g/mol. The molecule has 2 heterocycles. The molecular formula is C13H21N3S. The fourth-order valence-electron chi connectivity index (χ4n) is 2.12. The van der Waals surface area contributed by atoms with Crippen molar-refractivity contribution < 1.29 is 0 Å². The first kappa shape index (κ1) is 12.6. The molecule has 0 bridgehead atoms. The Balaban J connectivity index is 2.09. The second-order valence-electron chi connectivity index (χ2n) is 4.58. The molecule has 3 nitrogen and oxygen atoms in total. The quantitative estimate of drug-likeness (QED) is 0.855. The second-order valence-corrected chi connectivity index (χ2v) is 5.45. The number of aromatic nitrogens is 2. The van der Waals surface area contributed by atoms with Gasteiger partial charge < -0.3 is 5.32 Å². The highest BCUT2D eigenvalue weighted by Crippen LogP contribution is 2.16. The van der Waals surface area contributed by atoms with Gasteiger partial charge in [-0.05, 0) is 12.5 Å². The minimum absolute atomic E-state index is 0.537. The molecule has 0 radical (unpaired) electrons. The van der Waals surface area contributed by atoms with E-state index in [4.69, 9.17) is 0 Å². The number of thiazole rings is 1. The molecule has 0 aromatic carbocycles. The monoisotopic (exact) mass is 251 g/mol. The summed E-state index contributed by atoms with van der Waals surface area (Å²) < 4.78 is 2.11. The molecule has 0 saturated carbocycles. The molecule has 1 N–H and O–H groups in total. The molecule has 0 aliphatic heterocycles. The lowest BCUT2D eigenvalue weighted by Gasteiger charge is -2.22. The van der Waals surface area contributed by atoms with Crippen molar-refractivity contribution in [1.29, 1.82) is 0 Å². The van der Waals surface area contributed by atoms with Gasteiger partial charge in [-0.25, -0.2) is 4.98 Å². The van der Waals surface area contributed by atoms with Gasteiger partial charge >= 0.3 is 0 Å². The van der Waals surface area contributed by atoms with Crippen LogP contribution in [0.4, 0.5) is 0 Å². The van der Waals surface area contributed by atoms with Crippen molar-refractivity contribution in [3.63, 3.8) is 0 Å². The van der Waals surface area contributed by atoms with Gasteiger partial charge in [0.2, 0.25) is 0 Å². The Morgan fingerprint density at radius 3 is 2.94 bits per heavy atom. The van der Waals surface area contributed by atoms with E-state index < -0.39 is 0 Å². The van der Waals surface area contributed by atoms with Gasteiger partial charge in [-0.2, -0.15) is 0 Å². The van der Waals surface area contributed by atoms with E-state index in [-0.39, 0.29) is 0 Å². The van der Waals surface area contributed by atoms with Crippen molar-refractivity contribution in [3.05, 3.63) is 23.5 Å². The van der Waals surface area contributed by atoms with Crippen LogP contribution in [0.3, 0.4) is 0 Å². The van der Waals surface area contributed by atoms with Crippen LogP contribution in [0.1, 0.15) is 32.9 Å². The summed E-state index contributed by atoms with van der Waals surface area (Å²) in [6.07, 6.45) is 6.46. The predicted molar refractivity (Wildman–Crippen MR) is 73.7 cm³/mol. The zero-order valence-electron chi connectivity index (χ0n) is 10.8. The second kappa shape index (κ2) is 5.65. The van der Waals surface area contributed by atoms with Crippen molar-refractivity contribution in [3.8, 4) is 0 Å². The van der Waals surface area contributed by atoms with E-state index in [9.17, 15) is 0 Å². The van der Waals surface area contributed by atoms with Crippen LogP contribution in [0.5, 0.6) is 0 Å². The first-order chi connectivity index (χ1) is 8.24. The molecule has 0 spiro atoms. The Morgan fingerprint density at radius 1 is 1.47 bits per heavy atom. The zero-order chi connectivity index (χ0) is 12.3. The third kappa shape index (κ3) is 2.87. The first-order valence-electron chi connectivity index (χ1n) is 6.39. The summed E-state index contributed by atoms with van der Waals surface area (Å²) in [6.45, 7) is 7.75. The van der Waals surface area contributed by atoms with Gasteiger partial charge in [0, 0.05) is 30.2 Å². The van der Waals surface area contributed by atoms with Crippen LogP contribution in [-0.4, -0.2) is 22.0 Å².